The quantitative estimate of drug-likeness (QED) is 0.222. The van der Waals surface area contributed by atoms with E-state index in [2.05, 4.69) is 0 Å². The molecule has 0 aromatic carbocycles. The summed E-state index contributed by atoms with van der Waals surface area (Å²) in [4.78, 5) is 11.4. The van der Waals surface area contributed by atoms with Crippen LogP contribution in [0.25, 0.3) is 0 Å². The molecule has 0 amide bonds. The zero-order chi connectivity index (χ0) is 7.40. The molecule has 0 fully saturated rings. The van der Waals surface area contributed by atoms with Gasteiger partial charge in [0.15, 0.2) is 5.78 Å². The van der Waals surface area contributed by atoms with E-state index in [9.17, 15) is 9.90 Å². The van der Waals surface area contributed by atoms with Crippen LogP contribution in [0.3, 0.4) is 0 Å². The van der Waals surface area contributed by atoms with E-state index in [1.54, 1.807) is 17.5 Å². The number of allylic oxidation sites excluding steroid dienone is 1. The molecular weight excluding hydrogens is 171 g/mol. The number of hydrogen-bond acceptors (Lipinski definition) is 3. The largest absolute Gasteiger partial charge is 1.00 e. The molecule has 0 spiro atoms. The van der Waals surface area contributed by atoms with Gasteiger partial charge in [-0.2, -0.15) is 0 Å². The summed E-state index contributed by atoms with van der Waals surface area (Å²) in [6.45, 7) is 0. The molecule has 1 aromatic heterocycles. The molecule has 0 unspecified atom stereocenters. The fourth-order valence-corrected chi connectivity index (χ4v) is 1.21. The Balaban J connectivity index is 0.000001000. The summed E-state index contributed by atoms with van der Waals surface area (Å²) in [5, 5.41) is 11.6. The summed E-state index contributed by atoms with van der Waals surface area (Å²) in [5.41, 5.74) is 0. The van der Waals surface area contributed by atoms with E-state index >= 15 is 0 Å². The van der Waals surface area contributed by atoms with Crippen molar-refractivity contribution < 1.29 is 39.5 Å². The van der Waals surface area contributed by atoms with Gasteiger partial charge in [0.05, 0.1) is 4.88 Å². The van der Waals surface area contributed by atoms with Crippen LogP contribution in [0, 0.1) is 0 Å². The third kappa shape index (κ3) is 3.20. The Kier molecular flexibility index (Phi) is 5.50. The maximum Gasteiger partial charge on any atom is 1.00 e. The smallest absolute Gasteiger partial charge is 0.878 e. The standard InChI is InChI=1S/C7H6O2S.Na/c8-4-3-6(9)7-2-1-5-10-7;/h1-5,8H;/q;+1/p-1. The number of thiophene rings is 1. The van der Waals surface area contributed by atoms with E-state index in [1.807, 2.05) is 0 Å². The van der Waals surface area contributed by atoms with Crippen LogP contribution in [0.15, 0.2) is 29.9 Å². The van der Waals surface area contributed by atoms with Crippen LogP contribution in [-0.4, -0.2) is 5.78 Å². The molecule has 0 atom stereocenters. The zero-order valence-electron chi connectivity index (χ0n) is 6.11. The fourth-order valence-electron chi connectivity index (χ4n) is 0.563. The van der Waals surface area contributed by atoms with Crippen molar-refractivity contribution in [2.45, 2.75) is 0 Å². The summed E-state index contributed by atoms with van der Waals surface area (Å²) >= 11 is 1.33. The van der Waals surface area contributed by atoms with E-state index in [0.29, 0.717) is 11.1 Å². The van der Waals surface area contributed by atoms with Gasteiger partial charge in [-0.05, 0) is 17.5 Å². The summed E-state index contributed by atoms with van der Waals surface area (Å²) < 4.78 is 0. The van der Waals surface area contributed by atoms with Crippen molar-refractivity contribution in [3.8, 4) is 0 Å². The molecule has 2 nitrogen and oxygen atoms in total. The van der Waals surface area contributed by atoms with Gasteiger partial charge in [0.2, 0.25) is 0 Å². The number of hydrogen-bond donors (Lipinski definition) is 0. The van der Waals surface area contributed by atoms with Crippen LogP contribution in [0.1, 0.15) is 9.67 Å². The Morgan fingerprint density at radius 3 is 2.82 bits per heavy atom. The number of carbonyl (C=O) groups excluding carboxylic acids is 1. The molecule has 0 aliphatic carbocycles. The number of carbonyl (C=O) groups is 1. The van der Waals surface area contributed by atoms with E-state index in [-0.39, 0.29) is 35.3 Å². The third-order valence-corrected chi connectivity index (χ3v) is 1.87. The SMILES string of the molecule is O=C(C=C[O-])c1cccs1.[Na+]. The Morgan fingerprint density at radius 1 is 1.64 bits per heavy atom. The van der Waals surface area contributed by atoms with Crippen molar-refractivity contribution in [3.05, 3.63) is 34.7 Å². The minimum Gasteiger partial charge on any atom is -0.878 e. The summed E-state index contributed by atoms with van der Waals surface area (Å²) in [6, 6.07) is 3.46. The summed E-state index contributed by atoms with van der Waals surface area (Å²) in [7, 11) is 0. The second-order valence-electron chi connectivity index (χ2n) is 1.64. The van der Waals surface area contributed by atoms with Gasteiger partial charge in [0.1, 0.15) is 0 Å². The van der Waals surface area contributed by atoms with Gasteiger partial charge in [-0.15, -0.1) is 17.6 Å². The molecule has 52 valence electrons. The average molecular weight is 176 g/mol. The number of rotatable bonds is 2. The first-order valence-electron chi connectivity index (χ1n) is 2.71. The van der Waals surface area contributed by atoms with Crippen LogP contribution in [0.2, 0.25) is 0 Å². The minimum absolute atomic E-state index is 0. The van der Waals surface area contributed by atoms with Gasteiger partial charge in [0, 0.05) is 0 Å². The second-order valence-corrected chi connectivity index (χ2v) is 2.59. The van der Waals surface area contributed by atoms with E-state index in [0.717, 1.165) is 6.08 Å². The predicted octanol–water partition coefficient (Wildman–Crippen LogP) is -2.19. The van der Waals surface area contributed by atoms with Gasteiger partial charge in [0.25, 0.3) is 0 Å². The van der Waals surface area contributed by atoms with Crippen LogP contribution in [0.4, 0.5) is 0 Å². The van der Waals surface area contributed by atoms with Crippen LogP contribution in [-0.2, 0) is 0 Å². The molecular formula is C7H5NaO2S. The summed E-state index contributed by atoms with van der Waals surface area (Å²) in [6.07, 6.45) is 1.52. The van der Waals surface area contributed by atoms with E-state index in [1.165, 1.54) is 11.3 Å². The van der Waals surface area contributed by atoms with Crippen molar-refractivity contribution in [1.82, 2.24) is 0 Å². The van der Waals surface area contributed by atoms with Gasteiger partial charge >= 0.3 is 29.6 Å². The molecule has 0 aliphatic rings. The minimum atomic E-state index is -0.218. The molecule has 1 rings (SSSR count). The van der Waals surface area contributed by atoms with Crippen molar-refractivity contribution in [3.63, 3.8) is 0 Å². The first-order valence-corrected chi connectivity index (χ1v) is 3.59. The van der Waals surface area contributed by atoms with Crippen molar-refractivity contribution in [2.75, 3.05) is 0 Å². The van der Waals surface area contributed by atoms with Crippen LogP contribution < -0.4 is 34.7 Å². The fraction of sp³-hybridized carbons (Fsp3) is 0. The van der Waals surface area contributed by atoms with Crippen molar-refractivity contribution in [1.29, 1.82) is 0 Å². The molecule has 0 saturated carbocycles. The van der Waals surface area contributed by atoms with Gasteiger partial charge in [-0.3, -0.25) is 4.79 Å². The molecule has 0 aliphatic heterocycles. The maximum atomic E-state index is 10.8. The maximum absolute atomic E-state index is 10.8. The molecule has 0 saturated heterocycles. The van der Waals surface area contributed by atoms with Crippen molar-refractivity contribution in [2.24, 2.45) is 0 Å². The molecule has 1 heterocycles. The molecule has 0 bridgehead atoms. The topological polar surface area (TPSA) is 40.1 Å². The van der Waals surface area contributed by atoms with Crippen molar-refractivity contribution >= 4 is 17.1 Å². The Labute approximate surface area is 90.8 Å². The van der Waals surface area contributed by atoms with E-state index in [4.69, 9.17) is 0 Å². The third-order valence-electron chi connectivity index (χ3n) is 0.983. The summed E-state index contributed by atoms with van der Waals surface area (Å²) in [5.74, 6) is -0.218. The molecule has 4 heteroatoms. The molecule has 0 N–H and O–H groups in total. The Hall–Kier alpha value is -0.0900. The Morgan fingerprint density at radius 2 is 2.36 bits per heavy atom. The predicted molar refractivity (Wildman–Crippen MR) is 37.8 cm³/mol. The van der Waals surface area contributed by atoms with Crippen LogP contribution in [0.5, 0.6) is 0 Å². The van der Waals surface area contributed by atoms with E-state index < -0.39 is 0 Å². The zero-order valence-corrected chi connectivity index (χ0v) is 8.93. The molecule has 1 aromatic rings. The normalized spacial score (nSPS) is 9.45. The second kappa shape index (κ2) is 5.55. The first-order chi connectivity index (χ1) is 4.84. The first kappa shape index (κ1) is 10.9. The van der Waals surface area contributed by atoms with Gasteiger partial charge in [-0.1, -0.05) is 6.07 Å². The van der Waals surface area contributed by atoms with Gasteiger partial charge in [-0.25, -0.2) is 0 Å². The monoisotopic (exact) mass is 176 g/mol. The molecule has 0 radical (unpaired) electrons. The Bertz CT molecular complexity index is 241. The van der Waals surface area contributed by atoms with Crippen LogP contribution >= 0.6 is 11.3 Å². The number of ketones is 1. The average Bonchev–Trinajstić information content (AvgIpc) is 2.38. The van der Waals surface area contributed by atoms with Gasteiger partial charge < -0.3 is 5.11 Å². The molecule has 11 heavy (non-hydrogen) atoms.